The number of halogens is 5. The molecule has 3 aromatic rings. The molecule has 37 heavy (non-hydrogen) atoms. The van der Waals surface area contributed by atoms with Gasteiger partial charge in [0.05, 0.1) is 0 Å². The van der Waals surface area contributed by atoms with E-state index in [9.17, 15) is 27.2 Å². The molecular weight excluding hydrogens is 570 g/mol. The van der Waals surface area contributed by atoms with Gasteiger partial charge >= 0.3 is 12.2 Å². The summed E-state index contributed by atoms with van der Waals surface area (Å²) in [5.74, 6) is -3.73. The molecule has 0 saturated carbocycles. The zero-order chi connectivity index (χ0) is 28.0. The molecule has 0 spiro atoms. The molecular formula is C23H20BrF4N3O6. The number of carbonyl (C=O) groups excluding carboxylic acids is 1. The lowest BCUT2D eigenvalue weighted by atomic mass is 10.1. The van der Waals surface area contributed by atoms with Crippen molar-refractivity contribution in [1.82, 2.24) is 4.57 Å². The van der Waals surface area contributed by atoms with E-state index in [0.29, 0.717) is 6.07 Å². The maximum atomic E-state index is 14.8. The summed E-state index contributed by atoms with van der Waals surface area (Å²) in [5, 5.41) is 7.19. The first-order valence-corrected chi connectivity index (χ1v) is 10.9. The van der Waals surface area contributed by atoms with Crippen molar-refractivity contribution in [2.45, 2.75) is 26.6 Å². The summed E-state index contributed by atoms with van der Waals surface area (Å²) in [7, 11) is 0. The van der Waals surface area contributed by atoms with Gasteiger partial charge in [0.15, 0.2) is 11.6 Å². The molecule has 2 amide bonds. The molecule has 9 nitrogen and oxygen atoms in total. The van der Waals surface area contributed by atoms with Gasteiger partial charge in [-0.15, -0.1) is 0 Å². The standard InChI is InChI=1S/C22H17BrF4N2O4.CH3NO2/c1-10-5-18(32-9-12-3-4-14(24)8-15(12)25)19(23)21(30)29(10)20-16(26)6-13(7-17(20)27)11(2)33-22(28)31;2-1(3)4/h3-8,11H,9H2,1-2H3,(H2,28,31);2H2,(H,3,4). The van der Waals surface area contributed by atoms with Gasteiger partial charge in [0.25, 0.3) is 5.56 Å². The van der Waals surface area contributed by atoms with Crippen LogP contribution in [0.3, 0.4) is 0 Å². The first kappa shape index (κ1) is 29.2. The van der Waals surface area contributed by atoms with E-state index in [1.54, 1.807) is 0 Å². The van der Waals surface area contributed by atoms with Crippen LogP contribution in [0.4, 0.5) is 27.2 Å². The van der Waals surface area contributed by atoms with Crippen LogP contribution in [-0.2, 0) is 11.3 Å². The molecule has 0 aliphatic heterocycles. The molecule has 0 fully saturated rings. The van der Waals surface area contributed by atoms with Gasteiger partial charge in [-0.1, -0.05) is 0 Å². The predicted octanol–water partition coefficient (Wildman–Crippen LogP) is 4.82. The number of rotatable bonds is 6. The fourth-order valence-corrected chi connectivity index (χ4v) is 3.54. The first-order valence-electron chi connectivity index (χ1n) is 10.2. The van der Waals surface area contributed by atoms with Crippen LogP contribution < -0.4 is 21.8 Å². The van der Waals surface area contributed by atoms with Crippen LogP contribution >= 0.6 is 15.9 Å². The number of amides is 2. The van der Waals surface area contributed by atoms with E-state index in [2.05, 4.69) is 21.7 Å². The van der Waals surface area contributed by atoms with Gasteiger partial charge in [-0.2, -0.15) is 0 Å². The Morgan fingerprint density at radius 2 is 1.62 bits per heavy atom. The molecule has 0 bridgehead atoms. The molecule has 0 aliphatic carbocycles. The second kappa shape index (κ2) is 12.3. The molecule has 5 N–H and O–H groups in total. The Morgan fingerprint density at radius 3 is 2.14 bits per heavy atom. The topological polar surface area (TPSA) is 147 Å². The van der Waals surface area contributed by atoms with Gasteiger partial charge in [-0.05, 0) is 59.6 Å². The molecule has 0 radical (unpaired) electrons. The van der Waals surface area contributed by atoms with Gasteiger partial charge in [0, 0.05) is 23.4 Å². The van der Waals surface area contributed by atoms with Crippen molar-refractivity contribution in [1.29, 1.82) is 0 Å². The molecule has 1 heterocycles. The fraction of sp³-hybridized carbons (Fsp3) is 0.174. The lowest BCUT2D eigenvalue weighted by Crippen LogP contribution is -2.24. The van der Waals surface area contributed by atoms with Crippen molar-refractivity contribution in [3.63, 3.8) is 0 Å². The first-order chi connectivity index (χ1) is 17.2. The highest BCUT2D eigenvalue weighted by atomic mass is 79.9. The van der Waals surface area contributed by atoms with E-state index in [1.165, 1.54) is 26.0 Å². The fourth-order valence-electron chi connectivity index (χ4n) is 3.13. The van der Waals surface area contributed by atoms with Crippen LogP contribution in [-0.4, -0.2) is 21.9 Å². The largest absolute Gasteiger partial charge is 0.487 e. The summed E-state index contributed by atoms with van der Waals surface area (Å²) < 4.78 is 67.4. The number of carboxylic acid groups (broad SMARTS) is 1. The van der Waals surface area contributed by atoms with Crippen LogP contribution in [0.5, 0.6) is 5.75 Å². The van der Waals surface area contributed by atoms with E-state index in [4.69, 9.17) is 25.1 Å². The summed E-state index contributed by atoms with van der Waals surface area (Å²) in [6.45, 7) is 2.48. The summed E-state index contributed by atoms with van der Waals surface area (Å²) >= 11 is 3.05. The number of primary amides is 2. The quantitative estimate of drug-likeness (QED) is 0.351. The Kier molecular flexibility index (Phi) is 9.66. The number of pyridine rings is 1. The number of ether oxygens (including phenoxy) is 2. The Morgan fingerprint density at radius 1 is 1.05 bits per heavy atom. The molecule has 1 atom stereocenters. The second-order valence-corrected chi connectivity index (χ2v) is 8.17. The molecule has 0 aliphatic rings. The lowest BCUT2D eigenvalue weighted by molar-refractivity contribution is 0.116. The Balaban J connectivity index is 0.00000112. The minimum absolute atomic E-state index is 0.00130. The third-order valence-corrected chi connectivity index (χ3v) is 5.45. The normalized spacial score (nSPS) is 11.2. The highest BCUT2D eigenvalue weighted by Crippen LogP contribution is 2.29. The highest BCUT2D eigenvalue weighted by Gasteiger charge is 2.22. The third kappa shape index (κ3) is 7.46. The van der Waals surface area contributed by atoms with Crippen LogP contribution in [0.25, 0.3) is 5.69 Å². The van der Waals surface area contributed by atoms with Gasteiger partial charge in [0.2, 0.25) is 0 Å². The lowest BCUT2D eigenvalue weighted by Gasteiger charge is -2.18. The number of hydrogen-bond donors (Lipinski definition) is 3. The summed E-state index contributed by atoms with van der Waals surface area (Å²) in [4.78, 5) is 32.6. The van der Waals surface area contributed by atoms with Crippen LogP contribution in [0.1, 0.15) is 29.8 Å². The molecule has 0 saturated heterocycles. The number of aryl methyl sites for hydroxylation is 1. The zero-order valence-electron chi connectivity index (χ0n) is 19.2. The van der Waals surface area contributed by atoms with E-state index >= 15 is 0 Å². The summed E-state index contributed by atoms with van der Waals surface area (Å²) in [5.41, 5.74) is 7.63. The SMILES string of the molecule is Cc1cc(OCc2ccc(F)cc2F)c(Br)c(=O)n1-c1c(F)cc(C(C)OC(N)=O)cc1F.NC(=O)O. The molecule has 198 valence electrons. The van der Waals surface area contributed by atoms with Crippen LogP contribution in [0.2, 0.25) is 0 Å². The van der Waals surface area contributed by atoms with Crippen molar-refractivity contribution < 1.29 is 41.7 Å². The van der Waals surface area contributed by atoms with Crippen LogP contribution in [0, 0.1) is 30.2 Å². The number of nitrogens with zero attached hydrogens (tertiary/aromatic N) is 1. The van der Waals surface area contributed by atoms with Gasteiger partial charge in [-0.25, -0.2) is 27.2 Å². The molecule has 2 aromatic carbocycles. The van der Waals surface area contributed by atoms with E-state index < -0.39 is 52.8 Å². The Labute approximate surface area is 215 Å². The van der Waals surface area contributed by atoms with Gasteiger partial charge in [0.1, 0.15) is 40.3 Å². The van der Waals surface area contributed by atoms with Crippen LogP contribution in [0.15, 0.2) is 45.7 Å². The van der Waals surface area contributed by atoms with E-state index in [0.717, 1.165) is 22.8 Å². The highest BCUT2D eigenvalue weighted by molar-refractivity contribution is 9.10. The molecule has 3 rings (SSSR count). The number of benzene rings is 2. The minimum atomic E-state index is -1.33. The van der Waals surface area contributed by atoms with Gasteiger partial charge in [-0.3, -0.25) is 9.36 Å². The maximum absolute atomic E-state index is 14.8. The minimum Gasteiger partial charge on any atom is -0.487 e. The summed E-state index contributed by atoms with van der Waals surface area (Å²) in [6.07, 6.45) is -3.47. The number of aromatic nitrogens is 1. The Hall–Kier alpha value is -4.07. The van der Waals surface area contributed by atoms with Crippen molar-refractivity contribution in [3.05, 3.63) is 91.3 Å². The Bertz CT molecular complexity index is 1370. The van der Waals surface area contributed by atoms with Crippen molar-refractivity contribution in [3.8, 4) is 11.4 Å². The van der Waals surface area contributed by atoms with Crippen molar-refractivity contribution in [2.24, 2.45) is 11.5 Å². The molecule has 1 unspecified atom stereocenters. The monoisotopic (exact) mass is 589 g/mol. The average Bonchev–Trinajstić information content (AvgIpc) is 2.77. The maximum Gasteiger partial charge on any atom is 0.405 e. The smallest absolute Gasteiger partial charge is 0.405 e. The average molecular weight is 590 g/mol. The number of carbonyl (C=O) groups is 2. The molecule has 1 aromatic heterocycles. The van der Waals surface area contributed by atoms with E-state index in [-0.39, 0.29) is 33.6 Å². The van der Waals surface area contributed by atoms with Crippen molar-refractivity contribution in [2.75, 3.05) is 0 Å². The second-order valence-electron chi connectivity index (χ2n) is 7.38. The van der Waals surface area contributed by atoms with Crippen molar-refractivity contribution >= 4 is 28.1 Å². The van der Waals surface area contributed by atoms with Gasteiger partial charge < -0.3 is 26.0 Å². The van der Waals surface area contributed by atoms with E-state index in [1.807, 2.05) is 0 Å². The molecule has 14 heteroatoms. The summed E-state index contributed by atoms with van der Waals surface area (Å²) in [6, 6.07) is 6.13. The number of nitrogens with two attached hydrogens (primary N) is 2. The predicted molar refractivity (Wildman–Crippen MR) is 126 cm³/mol. The zero-order valence-corrected chi connectivity index (χ0v) is 20.8. The third-order valence-electron chi connectivity index (χ3n) is 4.72. The number of hydrogen-bond acceptors (Lipinski definition) is 5.